The van der Waals surface area contributed by atoms with E-state index < -0.39 is 10.0 Å². The summed E-state index contributed by atoms with van der Waals surface area (Å²) < 4.78 is 24.4. The van der Waals surface area contributed by atoms with Crippen molar-refractivity contribution >= 4 is 21.2 Å². The van der Waals surface area contributed by atoms with Crippen LogP contribution in [0.5, 0.6) is 0 Å². The third kappa shape index (κ3) is 3.92. The maximum atomic E-state index is 11.1. The zero-order valence-electron chi connectivity index (χ0n) is 14.2. The molecule has 0 saturated heterocycles. The third-order valence-corrected chi connectivity index (χ3v) is 5.56. The van der Waals surface area contributed by atoms with E-state index in [1.807, 2.05) is 6.33 Å². The average Bonchev–Trinajstić information content (AvgIpc) is 3.10. The van der Waals surface area contributed by atoms with Crippen LogP contribution in [0.1, 0.15) is 51.3 Å². The summed E-state index contributed by atoms with van der Waals surface area (Å²) in [5, 5.41) is 5.11. The van der Waals surface area contributed by atoms with Gasteiger partial charge in [-0.15, -0.1) is 0 Å². The predicted octanol–water partition coefficient (Wildman–Crippen LogP) is 2.04. The summed E-state index contributed by atoms with van der Waals surface area (Å²) in [5.41, 5.74) is 2.77. The molecule has 2 aromatic heterocycles. The summed E-state index contributed by atoms with van der Waals surface area (Å²) in [5.74, 6) is 0.973. The Kier molecular flexibility index (Phi) is 4.87. The van der Waals surface area contributed by atoms with Gasteiger partial charge in [-0.25, -0.2) is 28.5 Å². The second-order valence-corrected chi connectivity index (χ2v) is 8.96. The van der Waals surface area contributed by atoms with Gasteiger partial charge in [0.15, 0.2) is 5.65 Å². The van der Waals surface area contributed by atoms with Crippen molar-refractivity contribution in [3.05, 3.63) is 18.3 Å². The number of primary sulfonamides is 1. The van der Waals surface area contributed by atoms with Gasteiger partial charge in [-0.1, -0.05) is 13.8 Å². The van der Waals surface area contributed by atoms with Crippen LogP contribution in [0, 0.1) is 11.8 Å². The van der Waals surface area contributed by atoms with Crippen LogP contribution in [0.4, 0.5) is 0 Å². The van der Waals surface area contributed by atoms with Gasteiger partial charge >= 0.3 is 0 Å². The molecule has 1 aliphatic rings. The van der Waals surface area contributed by atoms with Crippen LogP contribution in [-0.2, 0) is 16.4 Å². The standard InChI is InChI=1S/C16H25N5O2S/c1-11(2)7-14-15-16(19-9-18-14)21(10-20-15)13-4-3-12(8-13)5-6-24(17,22)23/h9-13H,3-8H2,1-2H3,(H2,17,22,23)/t12-,13-/m0/s1. The number of imidazole rings is 1. The van der Waals surface area contributed by atoms with E-state index in [1.54, 1.807) is 6.33 Å². The van der Waals surface area contributed by atoms with Crippen molar-refractivity contribution in [1.29, 1.82) is 0 Å². The molecule has 8 heteroatoms. The molecule has 0 bridgehead atoms. The van der Waals surface area contributed by atoms with Gasteiger partial charge in [0.1, 0.15) is 11.8 Å². The summed E-state index contributed by atoms with van der Waals surface area (Å²) in [4.78, 5) is 13.4. The number of nitrogens with two attached hydrogens (primary N) is 1. The van der Waals surface area contributed by atoms with Crippen LogP contribution < -0.4 is 5.14 Å². The van der Waals surface area contributed by atoms with Crippen molar-refractivity contribution in [1.82, 2.24) is 19.5 Å². The fraction of sp³-hybridized carbons (Fsp3) is 0.688. The molecule has 1 fully saturated rings. The smallest absolute Gasteiger partial charge is 0.209 e. The van der Waals surface area contributed by atoms with E-state index in [0.29, 0.717) is 24.3 Å². The molecule has 3 rings (SSSR count). The zero-order chi connectivity index (χ0) is 17.3. The number of rotatable bonds is 6. The first-order valence-electron chi connectivity index (χ1n) is 8.50. The first kappa shape index (κ1) is 17.3. The highest BCUT2D eigenvalue weighted by molar-refractivity contribution is 7.89. The molecule has 7 nitrogen and oxygen atoms in total. The van der Waals surface area contributed by atoms with Crippen molar-refractivity contribution in [2.24, 2.45) is 17.0 Å². The molecule has 0 aromatic carbocycles. The van der Waals surface area contributed by atoms with E-state index in [2.05, 4.69) is 33.4 Å². The zero-order valence-corrected chi connectivity index (χ0v) is 15.0. The van der Waals surface area contributed by atoms with Gasteiger partial charge in [0.2, 0.25) is 10.0 Å². The molecule has 0 aliphatic heterocycles. The number of sulfonamides is 1. The highest BCUT2D eigenvalue weighted by Crippen LogP contribution is 2.37. The summed E-state index contributed by atoms with van der Waals surface area (Å²) in [7, 11) is -3.37. The third-order valence-electron chi connectivity index (χ3n) is 4.75. The molecule has 132 valence electrons. The highest BCUT2D eigenvalue weighted by atomic mass is 32.2. The second kappa shape index (κ2) is 6.76. The Morgan fingerprint density at radius 1 is 1.29 bits per heavy atom. The SMILES string of the molecule is CC(C)Cc1ncnc2c1ncn2[C@H]1CC[C@@H](CCS(N)(=O)=O)C1. The number of nitrogens with zero attached hydrogens (tertiary/aromatic N) is 4. The van der Waals surface area contributed by atoms with Gasteiger partial charge in [0.25, 0.3) is 0 Å². The number of fused-ring (bicyclic) bond motifs is 1. The molecular formula is C16H25N5O2S. The lowest BCUT2D eigenvalue weighted by atomic mass is 10.1. The lowest BCUT2D eigenvalue weighted by Gasteiger charge is -2.13. The summed E-state index contributed by atoms with van der Waals surface area (Å²) in [6.07, 6.45) is 7.98. The number of aromatic nitrogens is 4. The van der Waals surface area contributed by atoms with Crippen LogP contribution in [0.2, 0.25) is 0 Å². The van der Waals surface area contributed by atoms with Crippen LogP contribution in [-0.4, -0.2) is 33.7 Å². The summed E-state index contributed by atoms with van der Waals surface area (Å²) >= 11 is 0. The van der Waals surface area contributed by atoms with Crippen LogP contribution in [0.3, 0.4) is 0 Å². The van der Waals surface area contributed by atoms with Crippen molar-refractivity contribution in [2.75, 3.05) is 5.75 Å². The fourth-order valence-electron chi connectivity index (χ4n) is 3.60. The Morgan fingerprint density at radius 2 is 2.08 bits per heavy atom. The van der Waals surface area contributed by atoms with E-state index in [9.17, 15) is 8.42 Å². The molecule has 2 N–H and O–H groups in total. The van der Waals surface area contributed by atoms with Crippen molar-refractivity contribution in [3.63, 3.8) is 0 Å². The van der Waals surface area contributed by atoms with Crippen molar-refractivity contribution in [3.8, 4) is 0 Å². The molecule has 24 heavy (non-hydrogen) atoms. The van der Waals surface area contributed by atoms with E-state index >= 15 is 0 Å². The average molecular weight is 351 g/mol. The van der Waals surface area contributed by atoms with E-state index in [4.69, 9.17) is 5.14 Å². The molecule has 2 aromatic rings. The summed E-state index contributed by atoms with van der Waals surface area (Å²) in [6.45, 7) is 4.33. The minimum Gasteiger partial charge on any atom is -0.312 e. The Balaban J connectivity index is 1.76. The summed E-state index contributed by atoms with van der Waals surface area (Å²) in [6, 6.07) is 0.322. The molecule has 0 spiro atoms. The predicted molar refractivity (Wildman–Crippen MR) is 92.8 cm³/mol. The highest BCUT2D eigenvalue weighted by Gasteiger charge is 2.28. The maximum absolute atomic E-state index is 11.1. The maximum Gasteiger partial charge on any atom is 0.209 e. The molecule has 0 radical (unpaired) electrons. The molecular weight excluding hydrogens is 326 g/mol. The molecule has 2 atom stereocenters. The first-order chi connectivity index (χ1) is 11.3. The van der Waals surface area contributed by atoms with Gasteiger partial charge in [-0.2, -0.15) is 0 Å². The monoisotopic (exact) mass is 351 g/mol. The van der Waals surface area contributed by atoms with Crippen LogP contribution in [0.25, 0.3) is 11.2 Å². The van der Waals surface area contributed by atoms with Gasteiger partial charge in [0.05, 0.1) is 17.8 Å². The second-order valence-electron chi connectivity index (χ2n) is 7.23. The Bertz CT molecular complexity index is 815. The van der Waals surface area contributed by atoms with Crippen LogP contribution >= 0.6 is 0 Å². The van der Waals surface area contributed by atoms with E-state index in [1.165, 1.54) is 0 Å². The first-order valence-corrected chi connectivity index (χ1v) is 10.2. The van der Waals surface area contributed by atoms with E-state index in [0.717, 1.165) is 42.5 Å². The lowest BCUT2D eigenvalue weighted by Crippen LogP contribution is -2.18. The minimum atomic E-state index is -3.37. The van der Waals surface area contributed by atoms with Gasteiger partial charge in [0, 0.05) is 6.04 Å². The Labute approximate surface area is 142 Å². The molecule has 2 heterocycles. The molecule has 1 aliphatic carbocycles. The topological polar surface area (TPSA) is 104 Å². The molecule has 0 unspecified atom stereocenters. The van der Waals surface area contributed by atoms with Crippen LogP contribution in [0.15, 0.2) is 12.7 Å². The minimum absolute atomic E-state index is 0.0652. The van der Waals surface area contributed by atoms with Crippen molar-refractivity contribution in [2.45, 2.75) is 52.0 Å². The van der Waals surface area contributed by atoms with Gasteiger partial charge < -0.3 is 4.57 Å². The number of hydrogen-bond acceptors (Lipinski definition) is 5. The fourth-order valence-corrected chi connectivity index (χ4v) is 4.26. The Morgan fingerprint density at radius 3 is 2.79 bits per heavy atom. The van der Waals surface area contributed by atoms with Gasteiger partial charge in [-0.3, -0.25) is 0 Å². The molecule has 1 saturated carbocycles. The van der Waals surface area contributed by atoms with E-state index in [-0.39, 0.29) is 5.75 Å². The number of hydrogen-bond donors (Lipinski definition) is 1. The van der Waals surface area contributed by atoms with Gasteiger partial charge in [-0.05, 0) is 43.9 Å². The normalized spacial score (nSPS) is 21.8. The quantitative estimate of drug-likeness (QED) is 0.857. The molecule has 0 amide bonds. The largest absolute Gasteiger partial charge is 0.312 e. The van der Waals surface area contributed by atoms with Crippen molar-refractivity contribution < 1.29 is 8.42 Å². The lowest BCUT2D eigenvalue weighted by molar-refractivity contribution is 0.471. The Hall–Kier alpha value is -1.54.